The van der Waals surface area contributed by atoms with Crippen LogP contribution in [-0.4, -0.2) is 5.11 Å². The van der Waals surface area contributed by atoms with Gasteiger partial charge in [0.15, 0.2) is 0 Å². The van der Waals surface area contributed by atoms with Crippen molar-refractivity contribution in [1.29, 1.82) is 0 Å². The van der Waals surface area contributed by atoms with E-state index in [0.29, 0.717) is 0 Å². The monoisotopic (exact) mass is 755 g/mol. The van der Waals surface area contributed by atoms with Gasteiger partial charge in [0.2, 0.25) is 0 Å². The van der Waals surface area contributed by atoms with Gasteiger partial charge >= 0.3 is 0 Å². The number of benzene rings is 12. The summed E-state index contributed by atoms with van der Waals surface area (Å²) >= 11 is 0. The Labute approximate surface area is 376 Å². The van der Waals surface area contributed by atoms with Crippen LogP contribution in [0.5, 0.6) is 5.75 Å². The smallest absolute Gasteiger partial charge is 0.123 e. The second kappa shape index (κ2) is 12.3. The minimum Gasteiger partial charge on any atom is -0.507 e. The van der Waals surface area contributed by atoms with Gasteiger partial charge in [-0.05, 0) is 146 Å². The van der Waals surface area contributed by atoms with E-state index in [9.17, 15) is 28.4 Å². The minimum absolute atomic E-state index is 0.372. The van der Waals surface area contributed by atoms with Crippen molar-refractivity contribution in [2.45, 2.75) is 0 Å². The molecule has 0 aliphatic carbocycles. The van der Waals surface area contributed by atoms with Gasteiger partial charge in [-0.1, -0.05) is 163 Å². The van der Waals surface area contributed by atoms with E-state index in [1.807, 2.05) is 0 Å². The third-order valence-electron chi connectivity index (χ3n) is 9.54. The summed E-state index contributed by atoms with van der Waals surface area (Å²) in [6, 6.07) is -33.8. The standard InChI is InChI=1S/C56H34O/c57-52-28-22-39-20-26-50-48(24-18-38-21-27-51(52)56(39)55(38)50)46-32-44(41-12-5-11-40(29-41)34-7-2-1-3-8-34)31-45(33-46)42-13-6-14-43(30-42)47-23-17-37-16-15-35-9-4-10-36-19-25-49(47)54(37)53(35)36/h1-33,57H/i1D,2D,3D,4D,5D,6D,7D,8D,9D,10D,11D,12D,13D,14D,15D,16D,17D,18D,19D,20D,21D,22D,23D,24D,25D,26D,27D,28D,29D,30D,31D,32D,33D. The Bertz CT molecular complexity index is 5380. The third kappa shape index (κ3) is 4.96. The van der Waals surface area contributed by atoms with Crippen LogP contribution in [0, 0.1) is 0 Å². The average Bonchev–Trinajstić information content (AvgIpc) is 0.696. The van der Waals surface area contributed by atoms with Crippen LogP contribution in [0.15, 0.2) is 199 Å². The number of rotatable bonds is 5. The molecule has 1 nitrogen and oxygen atoms in total. The molecule has 12 aromatic rings. The van der Waals surface area contributed by atoms with Gasteiger partial charge < -0.3 is 5.11 Å². The molecule has 12 aromatic carbocycles. The van der Waals surface area contributed by atoms with E-state index in [4.69, 9.17) is 21.9 Å². The lowest BCUT2D eigenvalue weighted by Gasteiger charge is -2.17. The fourth-order valence-corrected chi connectivity index (χ4v) is 7.02. The maximum absolute atomic E-state index is 11.4. The molecule has 1 heteroatoms. The molecule has 0 aliphatic rings. The molecule has 0 fully saturated rings. The van der Waals surface area contributed by atoms with E-state index in [2.05, 4.69) is 0 Å². The van der Waals surface area contributed by atoms with Crippen molar-refractivity contribution in [1.82, 2.24) is 0 Å². The third-order valence-corrected chi connectivity index (χ3v) is 9.54. The van der Waals surface area contributed by atoms with Crippen molar-refractivity contribution in [3.8, 4) is 61.4 Å². The van der Waals surface area contributed by atoms with Crippen molar-refractivity contribution in [3.05, 3.63) is 199 Å². The van der Waals surface area contributed by atoms with Crippen molar-refractivity contribution in [2.24, 2.45) is 0 Å². The van der Waals surface area contributed by atoms with E-state index in [1.54, 1.807) is 0 Å². The Balaban J connectivity index is 1.34. The predicted molar refractivity (Wildman–Crippen MR) is 243 cm³/mol. The van der Waals surface area contributed by atoms with Gasteiger partial charge in [0.25, 0.3) is 0 Å². The number of aromatic hydroxyl groups is 1. The van der Waals surface area contributed by atoms with Crippen LogP contribution in [0.1, 0.15) is 45.2 Å². The first-order chi connectivity index (χ1) is 42.0. The van der Waals surface area contributed by atoms with Crippen molar-refractivity contribution >= 4 is 64.6 Å². The maximum atomic E-state index is 11.4. The van der Waals surface area contributed by atoms with Crippen LogP contribution in [0.25, 0.3) is 120 Å². The molecule has 12 rings (SSSR count). The van der Waals surface area contributed by atoms with Gasteiger partial charge in [0.1, 0.15) is 5.75 Å². The largest absolute Gasteiger partial charge is 0.507 e. The zero-order chi connectivity index (χ0) is 66.3. The van der Waals surface area contributed by atoms with Gasteiger partial charge in [-0.15, -0.1) is 0 Å². The molecule has 0 atom stereocenters. The number of hydrogen-bond donors (Lipinski definition) is 1. The van der Waals surface area contributed by atoms with Crippen LogP contribution in [0.4, 0.5) is 0 Å². The van der Waals surface area contributed by atoms with Crippen LogP contribution in [0.2, 0.25) is 0 Å². The number of phenolic OH excluding ortho intramolecular Hbond substituents is 1. The zero-order valence-electron chi connectivity index (χ0n) is 61.4. The Kier molecular flexibility index (Phi) is 2.87. The molecule has 0 aromatic heterocycles. The topological polar surface area (TPSA) is 20.2 Å². The van der Waals surface area contributed by atoms with Crippen LogP contribution in [-0.2, 0) is 0 Å². The van der Waals surface area contributed by atoms with Crippen LogP contribution >= 0.6 is 0 Å². The molecule has 0 radical (unpaired) electrons. The summed E-state index contributed by atoms with van der Waals surface area (Å²) < 4.78 is 304. The molecule has 0 heterocycles. The summed E-state index contributed by atoms with van der Waals surface area (Å²) in [6.45, 7) is 0. The fourth-order valence-electron chi connectivity index (χ4n) is 7.02. The fraction of sp³-hybridized carbons (Fsp3) is 0. The summed E-state index contributed by atoms with van der Waals surface area (Å²) in [7, 11) is 0. The molecular weight excluding hydrogens is 689 g/mol. The summed E-state index contributed by atoms with van der Waals surface area (Å²) in [6.07, 6.45) is 0. The average molecular weight is 756 g/mol. The van der Waals surface area contributed by atoms with Crippen molar-refractivity contribution < 1.29 is 50.3 Å². The number of hydrogen-bond acceptors (Lipinski definition) is 1. The van der Waals surface area contributed by atoms with Gasteiger partial charge in [-0.2, -0.15) is 0 Å². The highest BCUT2D eigenvalue weighted by atomic mass is 16.3. The van der Waals surface area contributed by atoms with E-state index in [1.165, 1.54) is 0 Å². The predicted octanol–water partition coefficient (Wildman–Crippen LogP) is 15.5. The molecule has 0 unspecified atom stereocenters. The molecule has 0 spiro atoms. The summed E-state index contributed by atoms with van der Waals surface area (Å²) in [5, 5.41) is 4.83. The lowest BCUT2D eigenvalue weighted by Crippen LogP contribution is -1.91. The maximum Gasteiger partial charge on any atom is 0.123 e. The lowest BCUT2D eigenvalue weighted by atomic mass is 9.86. The normalized spacial score (nSPS) is 20.0. The second-order valence-electron chi connectivity index (χ2n) is 12.7. The molecule has 0 saturated heterocycles. The highest BCUT2D eigenvalue weighted by Crippen LogP contribution is 2.44. The molecule has 264 valence electrons. The molecular formula is C56H34O. The molecule has 0 amide bonds. The zero-order valence-corrected chi connectivity index (χ0v) is 28.4. The Morgan fingerprint density at radius 1 is 0.263 bits per heavy atom. The van der Waals surface area contributed by atoms with Gasteiger partial charge in [0, 0.05) is 10.8 Å². The van der Waals surface area contributed by atoms with Gasteiger partial charge in [-0.25, -0.2) is 0 Å². The highest BCUT2D eigenvalue weighted by Gasteiger charge is 2.17. The quantitative estimate of drug-likeness (QED) is 0.173. The first kappa shape index (κ1) is 13.3. The van der Waals surface area contributed by atoms with Crippen LogP contribution < -0.4 is 0 Å². The SMILES string of the molecule is [2H]c1c([2H])c([2H])c(-c2c([2H])c([2H])c([2H])c(-c3c([2H])c(-c4c([2H])c([2H])c([2H])c(-c5c([2H])c([2H])c6c([2H])c([2H])c7c([2H])c([2H])c([2H])c8c([2H])c([2H])c5c6c78)c4[2H])c([2H])c(-c4c([2H])c([2H])c5c([2H])c([2H])c6c(O)c([2H])c([2H])c7c([2H])c([2H])c4c5c76)c3[2H])c2[2H])c([2H])c1[2H]. The van der Waals surface area contributed by atoms with Crippen molar-refractivity contribution in [3.63, 3.8) is 0 Å². The molecule has 0 bridgehead atoms. The molecule has 1 N–H and O–H groups in total. The molecule has 0 aliphatic heterocycles. The minimum atomic E-state index is -1.30. The highest BCUT2D eigenvalue weighted by molar-refractivity contribution is 6.27. The number of phenols is 1. The lowest BCUT2D eigenvalue weighted by molar-refractivity contribution is 0.482. The Morgan fingerprint density at radius 2 is 0.649 bits per heavy atom. The van der Waals surface area contributed by atoms with E-state index in [0.717, 1.165) is 0 Å². The molecule has 0 saturated carbocycles. The first-order valence-electron chi connectivity index (χ1n) is 33.5. The summed E-state index contributed by atoms with van der Waals surface area (Å²) in [4.78, 5) is 0. The Hall–Kier alpha value is -7.48. The van der Waals surface area contributed by atoms with Gasteiger partial charge in [-0.3, -0.25) is 0 Å². The second-order valence-corrected chi connectivity index (χ2v) is 12.7. The van der Waals surface area contributed by atoms with Crippen LogP contribution in [0.3, 0.4) is 0 Å². The van der Waals surface area contributed by atoms with E-state index >= 15 is 0 Å². The summed E-state index contributed by atoms with van der Waals surface area (Å²) in [5.74, 6) is -1.06. The van der Waals surface area contributed by atoms with E-state index in [-0.39, 0.29) is 5.39 Å². The van der Waals surface area contributed by atoms with E-state index < -0.39 is 320 Å². The summed E-state index contributed by atoms with van der Waals surface area (Å²) in [5.41, 5.74) is -10.1. The first-order valence-corrected chi connectivity index (χ1v) is 17.0. The molecule has 57 heavy (non-hydrogen) atoms. The van der Waals surface area contributed by atoms with Crippen molar-refractivity contribution in [2.75, 3.05) is 0 Å². The van der Waals surface area contributed by atoms with Gasteiger partial charge in [0.05, 0.1) is 45.2 Å². The Morgan fingerprint density at radius 3 is 1.30 bits per heavy atom.